The van der Waals surface area contributed by atoms with Gasteiger partial charge in [-0.05, 0) is 39.3 Å². The third-order valence-electron chi connectivity index (χ3n) is 2.14. The minimum absolute atomic E-state index is 0.0674. The lowest BCUT2D eigenvalue weighted by Gasteiger charge is -2.19. The lowest BCUT2D eigenvalue weighted by atomic mass is 10.2. The molecule has 1 N–H and O–H groups in total. The van der Waals surface area contributed by atoms with Gasteiger partial charge >= 0.3 is 0 Å². The zero-order valence-electron chi connectivity index (χ0n) is 11.1. The van der Waals surface area contributed by atoms with E-state index in [0.29, 0.717) is 18.7 Å². The highest BCUT2D eigenvalue weighted by atomic mass is 32.2. The summed E-state index contributed by atoms with van der Waals surface area (Å²) in [6.45, 7) is 6.29. The maximum Gasteiger partial charge on any atom is 0.232 e. The summed E-state index contributed by atoms with van der Waals surface area (Å²) in [5.74, 6) is 0.0674. The van der Waals surface area contributed by atoms with Crippen LogP contribution in [0.2, 0.25) is 0 Å². The average molecular weight is 271 g/mol. The SMILES string of the molecule is CC(C)(C)OCCCS(=O)(=O)Nc1ccccc1. The maximum absolute atomic E-state index is 11.8. The van der Waals surface area contributed by atoms with Crippen LogP contribution in [0.3, 0.4) is 0 Å². The van der Waals surface area contributed by atoms with Gasteiger partial charge in [-0.2, -0.15) is 0 Å². The first-order valence-electron chi connectivity index (χ1n) is 5.98. The normalized spacial score (nSPS) is 12.4. The van der Waals surface area contributed by atoms with Gasteiger partial charge in [-0.15, -0.1) is 0 Å². The Morgan fingerprint density at radius 3 is 2.33 bits per heavy atom. The van der Waals surface area contributed by atoms with Crippen LogP contribution < -0.4 is 4.72 Å². The van der Waals surface area contributed by atoms with Crippen molar-refractivity contribution in [2.45, 2.75) is 32.8 Å². The number of sulfonamides is 1. The first-order valence-corrected chi connectivity index (χ1v) is 7.63. The molecule has 0 heterocycles. The summed E-state index contributed by atoms with van der Waals surface area (Å²) in [5, 5.41) is 0. The molecule has 0 saturated heterocycles. The van der Waals surface area contributed by atoms with Gasteiger partial charge in [0, 0.05) is 12.3 Å². The van der Waals surface area contributed by atoms with Crippen molar-refractivity contribution in [3.63, 3.8) is 0 Å². The summed E-state index contributed by atoms with van der Waals surface area (Å²) < 4.78 is 31.5. The highest BCUT2D eigenvalue weighted by Gasteiger charge is 2.13. The zero-order chi connectivity index (χ0) is 13.6. The molecule has 0 aliphatic carbocycles. The van der Waals surface area contributed by atoms with Gasteiger partial charge in [-0.25, -0.2) is 8.42 Å². The Kier molecular flexibility index (Phi) is 5.16. The van der Waals surface area contributed by atoms with Crippen LogP contribution in [0.4, 0.5) is 5.69 Å². The highest BCUT2D eigenvalue weighted by molar-refractivity contribution is 7.92. The number of para-hydroxylation sites is 1. The minimum Gasteiger partial charge on any atom is -0.376 e. The van der Waals surface area contributed by atoms with Gasteiger partial charge in [0.05, 0.1) is 11.4 Å². The van der Waals surface area contributed by atoms with Crippen LogP contribution in [0.5, 0.6) is 0 Å². The van der Waals surface area contributed by atoms with E-state index in [0.717, 1.165) is 0 Å². The fourth-order valence-corrected chi connectivity index (χ4v) is 2.46. The Bertz CT molecular complexity index is 449. The molecule has 1 aromatic carbocycles. The molecule has 18 heavy (non-hydrogen) atoms. The molecule has 0 bridgehead atoms. The van der Waals surface area contributed by atoms with Crippen LogP contribution in [0, 0.1) is 0 Å². The number of rotatable bonds is 6. The Morgan fingerprint density at radius 1 is 1.17 bits per heavy atom. The molecule has 0 aliphatic heterocycles. The largest absolute Gasteiger partial charge is 0.376 e. The summed E-state index contributed by atoms with van der Waals surface area (Å²) >= 11 is 0. The average Bonchev–Trinajstić information content (AvgIpc) is 2.24. The minimum atomic E-state index is -3.28. The second kappa shape index (κ2) is 6.20. The van der Waals surface area contributed by atoms with Crippen molar-refractivity contribution < 1.29 is 13.2 Å². The molecule has 1 rings (SSSR count). The molecular weight excluding hydrogens is 250 g/mol. The first-order chi connectivity index (χ1) is 8.29. The van der Waals surface area contributed by atoms with Crippen LogP contribution in [0.1, 0.15) is 27.2 Å². The zero-order valence-corrected chi connectivity index (χ0v) is 12.0. The molecule has 102 valence electrons. The number of benzene rings is 1. The molecule has 0 amide bonds. The monoisotopic (exact) mass is 271 g/mol. The summed E-state index contributed by atoms with van der Waals surface area (Å²) in [4.78, 5) is 0. The summed E-state index contributed by atoms with van der Waals surface area (Å²) in [6, 6.07) is 8.88. The smallest absolute Gasteiger partial charge is 0.232 e. The molecule has 0 aromatic heterocycles. The van der Waals surface area contributed by atoms with Gasteiger partial charge in [0.25, 0.3) is 0 Å². The van der Waals surface area contributed by atoms with Gasteiger partial charge in [-0.1, -0.05) is 18.2 Å². The van der Waals surface area contributed by atoms with E-state index >= 15 is 0 Å². The van der Waals surface area contributed by atoms with Crippen molar-refractivity contribution in [1.82, 2.24) is 0 Å². The topological polar surface area (TPSA) is 55.4 Å². The van der Waals surface area contributed by atoms with E-state index in [1.165, 1.54) is 0 Å². The predicted molar refractivity (Wildman–Crippen MR) is 74.2 cm³/mol. The fraction of sp³-hybridized carbons (Fsp3) is 0.538. The quantitative estimate of drug-likeness (QED) is 0.809. The van der Waals surface area contributed by atoms with Crippen LogP contribution in [0.25, 0.3) is 0 Å². The molecule has 0 aliphatic rings. The second-order valence-electron chi connectivity index (χ2n) is 5.10. The van der Waals surface area contributed by atoms with Crippen LogP contribution in [-0.2, 0) is 14.8 Å². The molecular formula is C13H21NO3S. The van der Waals surface area contributed by atoms with E-state index in [-0.39, 0.29) is 11.4 Å². The van der Waals surface area contributed by atoms with Crippen LogP contribution in [0.15, 0.2) is 30.3 Å². The summed E-state index contributed by atoms with van der Waals surface area (Å²) in [7, 11) is -3.28. The Morgan fingerprint density at radius 2 is 1.78 bits per heavy atom. The van der Waals surface area contributed by atoms with Crippen molar-refractivity contribution >= 4 is 15.7 Å². The maximum atomic E-state index is 11.8. The Labute approximate surface area is 109 Å². The van der Waals surface area contributed by atoms with Gasteiger partial charge in [0.2, 0.25) is 10.0 Å². The number of anilines is 1. The van der Waals surface area contributed by atoms with E-state index in [4.69, 9.17) is 4.74 Å². The second-order valence-corrected chi connectivity index (χ2v) is 6.94. The number of nitrogens with one attached hydrogen (secondary N) is 1. The van der Waals surface area contributed by atoms with Crippen molar-refractivity contribution in [3.05, 3.63) is 30.3 Å². The molecule has 0 atom stereocenters. The number of hydrogen-bond acceptors (Lipinski definition) is 3. The Hall–Kier alpha value is -1.07. The summed E-state index contributed by atoms with van der Waals surface area (Å²) in [6.07, 6.45) is 0.486. The first kappa shape index (κ1) is 15.0. The van der Waals surface area contributed by atoms with Crippen LogP contribution in [-0.4, -0.2) is 26.4 Å². The predicted octanol–water partition coefficient (Wildman–Crippen LogP) is 2.63. The lowest BCUT2D eigenvalue weighted by molar-refractivity contribution is -0.00210. The third-order valence-corrected chi connectivity index (χ3v) is 3.51. The fourth-order valence-electron chi connectivity index (χ4n) is 1.36. The third kappa shape index (κ3) is 6.61. The van der Waals surface area contributed by atoms with E-state index < -0.39 is 10.0 Å². The van der Waals surface area contributed by atoms with Crippen molar-refractivity contribution in [3.8, 4) is 0 Å². The summed E-state index contributed by atoms with van der Waals surface area (Å²) in [5.41, 5.74) is 0.366. The number of hydrogen-bond donors (Lipinski definition) is 1. The highest BCUT2D eigenvalue weighted by Crippen LogP contribution is 2.10. The molecule has 4 nitrogen and oxygen atoms in total. The molecule has 0 radical (unpaired) electrons. The van der Waals surface area contributed by atoms with Gasteiger partial charge < -0.3 is 4.74 Å². The molecule has 0 spiro atoms. The van der Waals surface area contributed by atoms with E-state index in [1.807, 2.05) is 26.8 Å². The van der Waals surface area contributed by atoms with Gasteiger partial charge in [-0.3, -0.25) is 4.72 Å². The molecule has 1 aromatic rings. The van der Waals surface area contributed by atoms with Crippen molar-refractivity contribution in [2.24, 2.45) is 0 Å². The molecule has 0 saturated carbocycles. The lowest BCUT2D eigenvalue weighted by Crippen LogP contribution is -2.22. The molecule has 0 fully saturated rings. The molecule has 5 heteroatoms. The number of ether oxygens (including phenoxy) is 1. The Balaban J connectivity index is 2.37. The van der Waals surface area contributed by atoms with Crippen LogP contribution >= 0.6 is 0 Å². The molecule has 0 unspecified atom stereocenters. The standard InChI is InChI=1S/C13H21NO3S/c1-13(2,3)17-10-7-11-18(15,16)14-12-8-5-4-6-9-12/h4-6,8-9,14H,7,10-11H2,1-3H3. The van der Waals surface area contributed by atoms with E-state index in [2.05, 4.69) is 4.72 Å². The van der Waals surface area contributed by atoms with Crippen molar-refractivity contribution in [2.75, 3.05) is 17.1 Å². The van der Waals surface area contributed by atoms with Gasteiger partial charge in [0.15, 0.2) is 0 Å². The van der Waals surface area contributed by atoms with Gasteiger partial charge in [0.1, 0.15) is 0 Å². The van der Waals surface area contributed by atoms with E-state index in [9.17, 15) is 8.42 Å². The van der Waals surface area contributed by atoms with Crippen molar-refractivity contribution in [1.29, 1.82) is 0 Å². The van der Waals surface area contributed by atoms with E-state index in [1.54, 1.807) is 24.3 Å².